The molecule has 0 atom stereocenters. The normalized spacial score (nSPS) is 17.0. The number of fused-ring (bicyclic) bond motifs is 4. The molecule has 3 aromatic rings. The number of carbonyl (C=O) groups excluding carboxylic acids is 1. The molecule has 0 bridgehead atoms. The highest BCUT2D eigenvalue weighted by Gasteiger charge is 2.45. The van der Waals surface area contributed by atoms with Crippen LogP contribution in [0.2, 0.25) is 0 Å². The van der Waals surface area contributed by atoms with E-state index in [4.69, 9.17) is 4.74 Å². The van der Waals surface area contributed by atoms with Crippen LogP contribution < -0.4 is 10.1 Å². The molecule has 27 heavy (non-hydrogen) atoms. The number of piperidine rings is 1. The number of aromatic nitrogens is 1. The molecule has 1 saturated heterocycles. The number of para-hydroxylation sites is 2. The van der Waals surface area contributed by atoms with Gasteiger partial charge in [-0.1, -0.05) is 42.5 Å². The summed E-state index contributed by atoms with van der Waals surface area (Å²) in [6.45, 7) is 1.82. The largest absolute Gasteiger partial charge is 0.479 e. The van der Waals surface area contributed by atoms with Gasteiger partial charge in [0.15, 0.2) is 11.9 Å². The van der Waals surface area contributed by atoms with Gasteiger partial charge >= 0.3 is 0 Å². The average molecular weight is 358 g/mol. The molecule has 2 aromatic carbocycles. The lowest BCUT2D eigenvalue weighted by molar-refractivity contribution is 0.0193. The molecule has 1 fully saturated rings. The number of rotatable bonds is 3. The van der Waals surface area contributed by atoms with Crippen molar-refractivity contribution in [2.45, 2.75) is 24.9 Å². The van der Waals surface area contributed by atoms with Gasteiger partial charge in [0.1, 0.15) is 5.75 Å². The van der Waals surface area contributed by atoms with E-state index in [0.717, 1.165) is 55.8 Å². The second kappa shape index (κ2) is 6.39. The lowest BCUT2D eigenvalue weighted by atomic mass is 9.84. The number of hydrogen-bond donors (Lipinski definition) is 1. The number of aldehydes is 1. The van der Waals surface area contributed by atoms with Crippen LogP contribution in [0.4, 0.5) is 0 Å². The van der Waals surface area contributed by atoms with Gasteiger partial charge in [-0.2, -0.15) is 0 Å². The van der Waals surface area contributed by atoms with E-state index in [0.29, 0.717) is 5.69 Å². The van der Waals surface area contributed by atoms with Gasteiger partial charge < -0.3 is 14.6 Å². The number of hydrogen-bond acceptors (Lipinski definition) is 3. The van der Waals surface area contributed by atoms with Crippen LogP contribution in [-0.2, 0) is 12.0 Å². The van der Waals surface area contributed by atoms with E-state index in [-0.39, 0.29) is 5.60 Å². The van der Waals surface area contributed by atoms with Crippen molar-refractivity contribution < 1.29 is 9.53 Å². The van der Waals surface area contributed by atoms with Crippen molar-refractivity contribution in [3.8, 4) is 11.4 Å². The van der Waals surface area contributed by atoms with E-state index in [1.165, 1.54) is 11.1 Å². The predicted octanol–water partition coefficient (Wildman–Crippen LogP) is 3.85. The van der Waals surface area contributed by atoms with Gasteiger partial charge in [-0.15, -0.1) is 0 Å². The maximum atomic E-state index is 12.0. The molecule has 0 unspecified atom stereocenters. The Morgan fingerprint density at radius 1 is 1.04 bits per heavy atom. The first-order valence-electron chi connectivity index (χ1n) is 9.54. The fourth-order valence-electron chi connectivity index (χ4n) is 4.53. The Balaban J connectivity index is 1.74. The monoisotopic (exact) mass is 358 g/mol. The van der Waals surface area contributed by atoms with E-state index in [9.17, 15) is 4.79 Å². The Morgan fingerprint density at radius 3 is 2.56 bits per heavy atom. The summed E-state index contributed by atoms with van der Waals surface area (Å²) in [7, 11) is 0. The average Bonchev–Trinajstić information content (AvgIpc) is 3.09. The number of benzene rings is 2. The third-order valence-corrected chi connectivity index (χ3v) is 5.72. The second-order valence-electron chi connectivity index (χ2n) is 7.37. The molecule has 136 valence electrons. The third-order valence-electron chi connectivity index (χ3n) is 5.72. The zero-order valence-corrected chi connectivity index (χ0v) is 15.2. The molecule has 3 heterocycles. The molecular weight excluding hydrogens is 336 g/mol. The smallest absolute Gasteiger partial charge is 0.166 e. The van der Waals surface area contributed by atoms with Crippen LogP contribution in [0.25, 0.3) is 5.69 Å². The van der Waals surface area contributed by atoms with E-state index in [1.807, 2.05) is 36.4 Å². The van der Waals surface area contributed by atoms with Crippen LogP contribution in [0.5, 0.6) is 5.75 Å². The van der Waals surface area contributed by atoms with Gasteiger partial charge in [0.2, 0.25) is 0 Å². The number of carbonyl (C=O) groups is 1. The number of ether oxygens (including phenoxy) is 1. The fraction of sp³-hybridized carbons (Fsp3) is 0.261. The van der Waals surface area contributed by atoms with Crippen LogP contribution in [0.15, 0.2) is 60.7 Å². The van der Waals surface area contributed by atoms with Crippen molar-refractivity contribution in [2.75, 3.05) is 13.1 Å². The summed E-state index contributed by atoms with van der Waals surface area (Å²) in [6, 6.07) is 20.5. The van der Waals surface area contributed by atoms with Crippen molar-refractivity contribution in [3.63, 3.8) is 0 Å². The molecule has 4 nitrogen and oxygen atoms in total. The zero-order valence-electron chi connectivity index (χ0n) is 15.2. The van der Waals surface area contributed by atoms with Crippen LogP contribution in [0.1, 0.15) is 40.2 Å². The lowest BCUT2D eigenvalue weighted by Gasteiger charge is -2.43. The summed E-state index contributed by atoms with van der Waals surface area (Å²) in [4.78, 5) is 12.0. The summed E-state index contributed by atoms with van der Waals surface area (Å²) in [5, 5.41) is 3.44. The standard InChI is InChI=1S/C23H22N2O2/c26-16-19-15-18(14-17-6-2-1-3-7-17)22-23(10-12-24-13-11-23)27-21-9-5-4-8-20(21)25(19)22/h1-9,15-16,24H,10-14H2. The van der Waals surface area contributed by atoms with Crippen molar-refractivity contribution in [3.05, 3.63) is 83.2 Å². The third kappa shape index (κ3) is 2.60. The maximum absolute atomic E-state index is 12.0. The number of nitrogens with zero attached hydrogens (tertiary/aromatic N) is 1. The van der Waals surface area contributed by atoms with Gasteiger partial charge in [-0.3, -0.25) is 4.79 Å². The quantitative estimate of drug-likeness (QED) is 0.723. The van der Waals surface area contributed by atoms with Gasteiger partial charge in [-0.05, 0) is 48.8 Å². The highest BCUT2D eigenvalue weighted by Crippen LogP contribution is 2.46. The van der Waals surface area contributed by atoms with Gasteiger partial charge in [0.05, 0.1) is 17.1 Å². The summed E-state index contributed by atoms with van der Waals surface area (Å²) in [5.74, 6) is 0.858. The van der Waals surface area contributed by atoms with Crippen LogP contribution in [0.3, 0.4) is 0 Å². The predicted molar refractivity (Wildman–Crippen MR) is 105 cm³/mol. The first kappa shape index (κ1) is 16.3. The minimum absolute atomic E-state index is 0.384. The van der Waals surface area contributed by atoms with E-state index < -0.39 is 0 Å². The maximum Gasteiger partial charge on any atom is 0.166 e. The van der Waals surface area contributed by atoms with E-state index in [1.54, 1.807) is 0 Å². The molecule has 1 spiro atoms. The van der Waals surface area contributed by atoms with Crippen molar-refractivity contribution in [1.82, 2.24) is 9.88 Å². The van der Waals surface area contributed by atoms with Crippen LogP contribution >= 0.6 is 0 Å². The molecule has 1 aromatic heterocycles. The Labute approximate surface area is 158 Å². The molecule has 4 heteroatoms. The molecule has 2 aliphatic heterocycles. The first-order valence-corrected chi connectivity index (χ1v) is 9.54. The topological polar surface area (TPSA) is 43.3 Å². The second-order valence-corrected chi connectivity index (χ2v) is 7.37. The SMILES string of the molecule is O=Cc1cc(Cc2ccccc2)c2n1-c1ccccc1OC21CCNCC1. The van der Waals surface area contributed by atoms with Gasteiger partial charge in [0, 0.05) is 12.8 Å². The van der Waals surface area contributed by atoms with E-state index >= 15 is 0 Å². The van der Waals surface area contributed by atoms with Crippen molar-refractivity contribution in [1.29, 1.82) is 0 Å². The minimum Gasteiger partial charge on any atom is -0.479 e. The molecule has 5 rings (SSSR count). The zero-order chi connectivity index (χ0) is 18.3. The first-order chi connectivity index (χ1) is 13.3. The van der Waals surface area contributed by atoms with Gasteiger partial charge in [0.25, 0.3) is 0 Å². The highest BCUT2D eigenvalue weighted by atomic mass is 16.5. The molecule has 0 radical (unpaired) electrons. The van der Waals surface area contributed by atoms with Crippen molar-refractivity contribution in [2.24, 2.45) is 0 Å². The molecule has 0 aliphatic carbocycles. The molecular formula is C23H22N2O2. The number of nitrogens with one attached hydrogen (secondary N) is 1. The Kier molecular flexibility index (Phi) is 3.87. The fourth-order valence-corrected chi connectivity index (χ4v) is 4.53. The molecule has 0 amide bonds. The minimum atomic E-state index is -0.384. The lowest BCUT2D eigenvalue weighted by Crippen LogP contribution is -2.47. The Morgan fingerprint density at radius 2 is 1.78 bits per heavy atom. The highest BCUT2D eigenvalue weighted by molar-refractivity contribution is 5.77. The van der Waals surface area contributed by atoms with Crippen LogP contribution in [0, 0.1) is 0 Å². The van der Waals surface area contributed by atoms with Crippen molar-refractivity contribution >= 4 is 6.29 Å². The molecule has 2 aliphatic rings. The van der Waals surface area contributed by atoms with E-state index in [2.05, 4.69) is 34.1 Å². The molecule has 0 saturated carbocycles. The Bertz CT molecular complexity index is 985. The summed E-state index contributed by atoms with van der Waals surface area (Å²) >= 11 is 0. The summed E-state index contributed by atoms with van der Waals surface area (Å²) in [5.41, 5.74) is 4.84. The summed E-state index contributed by atoms with van der Waals surface area (Å²) < 4.78 is 8.78. The Hall–Kier alpha value is -2.85. The van der Waals surface area contributed by atoms with Crippen LogP contribution in [-0.4, -0.2) is 23.9 Å². The van der Waals surface area contributed by atoms with Gasteiger partial charge in [-0.25, -0.2) is 0 Å². The molecule has 1 N–H and O–H groups in total. The summed E-state index contributed by atoms with van der Waals surface area (Å²) in [6.07, 6.45) is 3.55.